The Balaban J connectivity index is 1.79. The van der Waals surface area contributed by atoms with Crippen molar-refractivity contribution in [1.82, 2.24) is 9.88 Å². The summed E-state index contributed by atoms with van der Waals surface area (Å²) in [5, 5.41) is 11.4. The molecule has 1 aromatic heterocycles. The van der Waals surface area contributed by atoms with E-state index in [1.54, 1.807) is 68.0 Å². The highest BCUT2D eigenvalue weighted by Gasteiger charge is 2.46. The zero-order valence-electron chi connectivity index (χ0n) is 20.9. The van der Waals surface area contributed by atoms with Gasteiger partial charge in [0.25, 0.3) is 11.7 Å². The molecule has 2 aromatic carbocycles. The lowest BCUT2D eigenvalue weighted by Gasteiger charge is -2.25. The number of aliphatic hydroxyl groups is 1. The van der Waals surface area contributed by atoms with Crippen LogP contribution in [0.3, 0.4) is 0 Å². The Morgan fingerprint density at radius 1 is 1.11 bits per heavy atom. The predicted octanol–water partition coefficient (Wildman–Crippen LogP) is 5.06. The van der Waals surface area contributed by atoms with Crippen molar-refractivity contribution in [2.24, 2.45) is 5.92 Å². The van der Waals surface area contributed by atoms with Crippen molar-refractivity contribution in [3.63, 3.8) is 0 Å². The summed E-state index contributed by atoms with van der Waals surface area (Å²) >= 11 is 0. The topological polar surface area (TPSA) is 89.0 Å². The lowest BCUT2D eigenvalue weighted by Crippen LogP contribution is -2.29. The van der Waals surface area contributed by atoms with Gasteiger partial charge in [-0.3, -0.25) is 14.6 Å². The molecule has 186 valence electrons. The summed E-state index contributed by atoms with van der Waals surface area (Å²) in [4.78, 5) is 32.1. The number of hydrogen-bond donors (Lipinski definition) is 1. The van der Waals surface area contributed by atoms with E-state index in [1.165, 1.54) is 4.90 Å². The molecule has 1 atom stereocenters. The van der Waals surface area contributed by atoms with Crippen molar-refractivity contribution in [2.75, 3.05) is 13.7 Å². The zero-order valence-corrected chi connectivity index (χ0v) is 20.9. The van der Waals surface area contributed by atoms with Gasteiger partial charge >= 0.3 is 0 Å². The van der Waals surface area contributed by atoms with Crippen LogP contribution in [0.1, 0.15) is 42.1 Å². The molecule has 1 aliphatic heterocycles. The van der Waals surface area contributed by atoms with E-state index in [2.05, 4.69) is 18.8 Å². The van der Waals surface area contributed by atoms with Crippen LogP contribution in [0.4, 0.5) is 0 Å². The number of carbonyl (C=O) groups is 2. The molecule has 1 unspecified atom stereocenters. The first-order chi connectivity index (χ1) is 17.3. The molecule has 1 N–H and O–H groups in total. The van der Waals surface area contributed by atoms with E-state index in [0.717, 1.165) is 11.1 Å². The van der Waals surface area contributed by atoms with E-state index in [0.29, 0.717) is 35.2 Å². The molecule has 2 heterocycles. The van der Waals surface area contributed by atoms with Gasteiger partial charge in [0, 0.05) is 24.5 Å². The number of methoxy groups -OCH3 is 1. The SMILES string of the molecule is COc1ccc(C2/C(=C(/O)c3ccc(OCC(C)C)c(C)c3)C(=O)C(=O)N2Cc2cccnc2)cc1. The monoisotopic (exact) mass is 486 g/mol. The highest BCUT2D eigenvalue weighted by molar-refractivity contribution is 6.46. The van der Waals surface area contributed by atoms with Gasteiger partial charge in [0.1, 0.15) is 17.3 Å². The number of benzene rings is 2. The van der Waals surface area contributed by atoms with E-state index >= 15 is 0 Å². The number of aromatic nitrogens is 1. The molecule has 0 bridgehead atoms. The van der Waals surface area contributed by atoms with Crippen molar-refractivity contribution in [3.05, 3.63) is 94.8 Å². The number of amides is 1. The lowest BCUT2D eigenvalue weighted by atomic mass is 9.94. The fourth-order valence-corrected chi connectivity index (χ4v) is 4.23. The van der Waals surface area contributed by atoms with Gasteiger partial charge in [-0.1, -0.05) is 32.0 Å². The molecule has 0 radical (unpaired) electrons. The molecule has 1 aliphatic rings. The minimum atomic E-state index is -0.770. The van der Waals surface area contributed by atoms with Crippen molar-refractivity contribution in [3.8, 4) is 11.5 Å². The quantitative estimate of drug-likeness (QED) is 0.272. The average molecular weight is 487 g/mol. The lowest BCUT2D eigenvalue weighted by molar-refractivity contribution is -0.140. The first-order valence-corrected chi connectivity index (χ1v) is 11.8. The fraction of sp³-hybridized carbons (Fsp3) is 0.276. The van der Waals surface area contributed by atoms with Crippen molar-refractivity contribution >= 4 is 17.4 Å². The largest absolute Gasteiger partial charge is 0.507 e. The van der Waals surface area contributed by atoms with Gasteiger partial charge in [-0.25, -0.2) is 0 Å². The highest BCUT2D eigenvalue weighted by Crippen LogP contribution is 2.41. The first-order valence-electron chi connectivity index (χ1n) is 11.8. The minimum absolute atomic E-state index is 0.0457. The number of carbonyl (C=O) groups excluding carboxylic acids is 2. The normalized spacial score (nSPS) is 17.0. The third-order valence-corrected chi connectivity index (χ3v) is 6.07. The van der Waals surface area contributed by atoms with E-state index in [1.807, 2.05) is 13.0 Å². The maximum Gasteiger partial charge on any atom is 0.295 e. The summed E-state index contributed by atoms with van der Waals surface area (Å²) in [5.41, 5.74) is 2.78. The molecular formula is C29H30N2O5. The number of Topliss-reactive ketones (excluding diaryl/α,β-unsaturated/α-hetero) is 1. The second-order valence-electron chi connectivity index (χ2n) is 9.25. The molecule has 0 spiro atoms. The number of rotatable bonds is 8. The van der Waals surface area contributed by atoms with Crippen LogP contribution >= 0.6 is 0 Å². The molecular weight excluding hydrogens is 456 g/mol. The van der Waals surface area contributed by atoms with Crippen LogP contribution in [0.5, 0.6) is 11.5 Å². The molecule has 1 fully saturated rings. The zero-order chi connectivity index (χ0) is 25.8. The number of aryl methyl sites for hydroxylation is 1. The number of ketones is 1. The van der Waals surface area contributed by atoms with Crippen molar-refractivity contribution in [1.29, 1.82) is 0 Å². The smallest absolute Gasteiger partial charge is 0.295 e. The van der Waals surface area contributed by atoms with Crippen LogP contribution in [-0.4, -0.2) is 40.4 Å². The third kappa shape index (κ3) is 5.10. The highest BCUT2D eigenvalue weighted by atomic mass is 16.5. The van der Waals surface area contributed by atoms with Gasteiger partial charge in [-0.15, -0.1) is 0 Å². The van der Waals surface area contributed by atoms with Gasteiger partial charge in [-0.2, -0.15) is 0 Å². The van der Waals surface area contributed by atoms with Crippen LogP contribution in [0.25, 0.3) is 5.76 Å². The second-order valence-corrected chi connectivity index (χ2v) is 9.25. The summed E-state index contributed by atoms with van der Waals surface area (Å²) in [6, 6.07) is 15.2. The van der Waals surface area contributed by atoms with Gasteiger partial charge in [0.15, 0.2) is 0 Å². The summed E-state index contributed by atoms with van der Waals surface area (Å²) in [6.07, 6.45) is 3.30. The average Bonchev–Trinajstić information content (AvgIpc) is 3.13. The number of nitrogens with zero attached hydrogens (tertiary/aromatic N) is 2. The number of likely N-dealkylation sites (tertiary alicyclic amines) is 1. The number of ether oxygens (including phenoxy) is 2. The number of pyridine rings is 1. The van der Waals surface area contributed by atoms with Gasteiger partial charge in [0.05, 0.1) is 25.3 Å². The molecule has 1 saturated heterocycles. The van der Waals surface area contributed by atoms with E-state index < -0.39 is 17.7 Å². The third-order valence-electron chi connectivity index (χ3n) is 6.07. The summed E-state index contributed by atoms with van der Waals surface area (Å²) in [6.45, 7) is 6.77. The Kier molecular flexibility index (Phi) is 7.38. The van der Waals surface area contributed by atoms with E-state index in [9.17, 15) is 14.7 Å². The molecule has 36 heavy (non-hydrogen) atoms. The Labute approximate surface area is 211 Å². The first kappa shape index (κ1) is 25.0. The summed E-state index contributed by atoms with van der Waals surface area (Å²) < 4.78 is 11.1. The van der Waals surface area contributed by atoms with Gasteiger partial charge in [0.2, 0.25) is 0 Å². The van der Waals surface area contributed by atoms with Crippen LogP contribution in [0.15, 0.2) is 72.6 Å². The summed E-state index contributed by atoms with van der Waals surface area (Å²) in [7, 11) is 1.57. The molecule has 4 rings (SSSR count). The Morgan fingerprint density at radius 2 is 1.86 bits per heavy atom. The Bertz CT molecular complexity index is 1280. The molecule has 7 nitrogen and oxygen atoms in total. The van der Waals surface area contributed by atoms with Crippen LogP contribution in [0.2, 0.25) is 0 Å². The van der Waals surface area contributed by atoms with Crippen molar-refractivity contribution in [2.45, 2.75) is 33.4 Å². The molecule has 3 aromatic rings. The van der Waals surface area contributed by atoms with E-state index in [4.69, 9.17) is 9.47 Å². The molecule has 0 aliphatic carbocycles. The van der Waals surface area contributed by atoms with Crippen LogP contribution in [-0.2, 0) is 16.1 Å². The molecule has 0 saturated carbocycles. The number of hydrogen-bond acceptors (Lipinski definition) is 6. The number of aliphatic hydroxyl groups excluding tert-OH is 1. The summed E-state index contributed by atoms with van der Waals surface area (Å²) in [5.74, 6) is 0.114. The van der Waals surface area contributed by atoms with E-state index in [-0.39, 0.29) is 17.9 Å². The minimum Gasteiger partial charge on any atom is -0.507 e. The maximum atomic E-state index is 13.3. The van der Waals surface area contributed by atoms with Crippen LogP contribution < -0.4 is 9.47 Å². The standard InChI is InChI=1S/C29H30N2O5/c1-18(2)17-36-24-12-9-22(14-19(24)3)27(32)25-26(21-7-10-23(35-4)11-8-21)31(29(34)28(25)33)16-20-6-5-13-30-15-20/h5-15,18,26,32H,16-17H2,1-4H3/b27-25-. The van der Waals surface area contributed by atoms with Crippen molar-refractivity contribution < 1.29 is 24.2 Å². The predicted molar refractivity (Wildman–Crippen MR) is 137 cm³/mol. The van der Waals surface area contributed by atoms with Gasteiger partial charge < -0.3 is 19.5 Å². The Morgan fingerprint density at radius 3 is 2.47 bits per heavy atom. The Hall–Kier alpha value is -4.13. The second kappa shape index (κ2) is 10.6. The molecule has 1 amide bonds. The van der Waals surface area contributed by atoms with Gasteiger partial charge in [-0.05, 0) is 65.9 Å². The fourth-order valence-electron chi connectivity index (χ4n) is 4.23. The van der Waals surface area contributed by atoms with Crippen LogP contribution in [0, 0.1) is 12.8 Å². The molecule has 7 heteroatoms. The maximum absolute atomic E-state index is 13.3.